The summed E-state index contributed by atoms with van der Waals surface area (Å²) in [7, 11) is 1.66. The molecule has 33 heavy (non-hydrogen) atoms. The van der Waals surface area contributed by atoms with E-state index in [1.54, 1.807) is 18.9 Å². The third-order valence-corrected chi connectivity index (χ3v) is 6.70. The van der Waals surface area contributed by atoms with Crippen molar-refractivity contribution in [3.63, 3.8) is 0 Å². The van der Waals surface area contributed by atoms with Crippen molar-refractivity contribution < 1.29 is 9.53 Å². The number of fused-ring (bicyclic) bond motifs is 3. The summed E-state index contributed by atoms with van der Waals surface area (Å²) in [5, 5.41) is 3.13. The van der Waals surface area contributed by atoms with Gasteiger partial charge in [-0.2, -0.15) is 0 Å². The molecule has 0 saturated carbocycles. The largest absolute Gasteiger partial charge is 0.497 e. The standard InChI is InChI=1S/C27H25N3O2S/c1-32-22-14-12-19(13-15-22)26-25-11-6-16-29(25)24-10-4-3-7-20(24)18-30(26)27(31)28-21-8-5-9-23(17-21)33-2/h3-17,26H,18H2,1-2H3,(H,28,31). The van der Waals surface area contributed by atoms with Crippen LogP contribution >= 0.6 is 11.8 Å². The van der Waals surface area contributed by atoms with E-state index in [1.165, 1.54) is 0 Å². The number of carbonyl (C=O) groups excluding carboxylic acids is 1. The molecule has 5 rings (SSSR count). The number of urea groups is 1. The fourth-order valence-electron chi connectivity index (χ4n) is 4.37. The van der Waals surface area contributed by atoms with Gasteiger partial charge in [0.1, 0.15) is 5.75 Å². The molecule has 0 fully saturated rings. The van der Waals surface area contributed by atoms with Crippen LogP contribution in [0.2, 0.25) is 0 Å². The summed E-state index contributed by atoms with van der Waals surface area (Å²) in [6, 6.07) is 27.8. The Balaban J connectivity index is 1.60. The van der Waals surface area contributed by atoms with Gasteiger partial charge in [-0.1, -0.05) is 36.4 Å². The van der Waals surface area contributed by atoms with Gasteiger partial charge in [-0.05, 0) is 65.9 Å². The number of methoxy groups -OCH3 is 1. The van der Waals surface area contributed by atoms with Crippen molar-refractivity contribution in [1.82, 2.24) is 9.47 Å². The predicted molar refractivity (Wildman–Crippen MR) is 133 cm³/mol. The number of rotatable bonds is 4. The lowest BCUT2D eigenvalue weighted by Gasteiger charge is -2.31. The van der Waals surface area contributed by atoms with Crippen LogP contribution in [0.3, 0.4) is 0 Å². The number of hydrogen-bond donors (Lipinski definition) is 1. The maximum absolute atomic E-state index is 13.7. The Kier molecular flexibility index (Phi) is 5.84. The second-order valence-corrected chi connectivity index (χ2v) is 8.78. The molecule has 3 aromatic carbocycles. The van der Waals surface area contributed by atoms with Crippen LogP contribution in [-0.4, -0.2) is 28.9 Å². The molecule has 1 aromatic heterocycles. The summed E-state index contributed by atoms with van der Waals surface area (Å²) in [5.74, 6) is 0.788. The van der Waals surface area contributed by atoms with Gasteiger partial charge in [0.05, 0.1) is 25.4 Å². The van der Waals surface area contributed by atoms with Gasteiger partial charge in [0, 0.05) is 22.5 Å². The molecule has 0 bridgehead atoms. The number of ether oxygens (including phenoxy) is 1. The van der Waals surface area contributed by atoms with Crippen molar-refractivity contribution in [1.29, 1.82) is 0 Å². The number of para-hydroxylation sites is 1. The minimum Gasteiger partial charge on any atom is -0.497 e. The molecule has 0 aliphatic carbocycles. The molecule has 2 heterocycles. The fourth-order valence-corrected chi connectivity index (χ4v) is 4.83. The van der Waals surface area contributed by atoms with Crippen LogP contribution in [-0.2, 0) is 6.54 Å². The average molecular weight is 456 g/mol. The molecule has 1 aliphatic heterocycles. The highest BCUT2D eigenvalue weighted by Crippen LogP contribution is 2.37. The van der Waals surface area contributed by atoms with Gasteiger partial charge < -0.3 is 19.5 Å². The molecule has 4 aromatic rings. The average Bonchev–Trinajstić information content (AvgIpc) is 3.28. The molecule has 5 nitrogen and oxygen atoms in total. The second-order valence-electron chi connectivity index (χ2n) is 7.90. The lowest BCUT2D eigenvalue weighted by molar-refractivity contribution is 0.194. The zero-order chi connectivity index (χ0) is 22.8. The highest BCUT2D eigenvalue weighted by molar-refractivity contribution is 7.98. The number of thioether (sulfide) groups is 1. The first-order valence-electron chi connectivity index (χ1n) is 10.8. The smallest absolute Gasteiger partial charge is 0.322 e. The van der Waals surface area contributed by atoms with Gasteiger partial charge in [-0.25, -0.2) is 4.79 Å². The molecule has 1 N–H and O–H groups in total. The molecular formula is C27H25N3O2S. The van der Waals surface area contributed by atoms with E-state index in [0.29, 0.717) is 6.54 Å². The van der Waals surface area contributed by atoms with E-state index in [-0.39, 0.29) is 12.1 Å². The predicted octanol–water partition coefficient (Wildman–Crippen LogP) is 6.34. The second kappa shape index (κ2) is 9.08. The monoisotopic (exact) mass is 455 g/mol. The van der Waals surface area contributed by atoms with Crippen molar-refractivity contribution >= 4 is 23.5 Å². The van der Waals surface area contributed by atoms with Crippen LogP contribution in [0.25, 0.3) is 5.69 Å². The summed E-state index contributed by atoms with van der Waals surface area (Å²) in [6.07, 6.45) is 4.09. The molecule has 2 amide bonds. The van der Waals surface area contributed by atoms with E-state index in [4.69, 9.17) is 4.74 Å². The summed E-state index contributed by atoms with van der Waals surface area (Å²) < 4.78 is 7.55. The van der Waals surface area contributed by atoms with E-state index in [0.717, 1.165) is 38.8 Å². The zero-order valence-corrected chi connectivity index (χ0v) is 19.4. The Hall–Kier alpha value is -3.64. The normalized spacial score (nSPS) is 14.7. The molecular weight excluding hydrogens is 430 g/mol. The van der Waals surface area contributed by atoms with Crippen LogP contribution in [0, 0.1) is 0 Å². The molecule has 0 radical (unpaired) electrons. The maximum Gasteiger partial charge on any atom is 0.322 e. The van der Waals surface area contributed by atoms with Crippen molar-refractivity contribution in [2.45, 2.75) is 17.5 Å². The summed E-state index contributed by atoms with van der Waals surface area (Å²) >= 11 is 1.65. The Morgan fingerprint density at radius 3 is 2.61 bits per heavy atom. The number of amides is 2. The van der Waals surface area contributed by atoms with Crippen LogP contribution < -0.4 is 10.1 Å². The number of nitrogens with one attached hydrogen (secondary N) is 1. The minimum atomic E-state index is -0.262. The number of nitrogens with zero attached hydrogens (tertiary/aromatic N) is 2. The molecule has 1 atom stereocenters. The highest BCUT2D eigenvalue weighted by atomic mass is 32.2. The lowest BCUT2D eigenvalue weighted by atomic mass is 10.0. The highest BCUT2D eigenvalue weighted by Gasteiger charge is 2.33. The van der Waals surface area contributed by atoms with Gasteiger partial charge in [-0.3, -0.25) is 0 Å². The number of hydrogen-bond acceptors (Lipinski definition) is 3. The number of anilines is 1. The van der Waals surface area contributed by atoms with Crippen molar-refractivity contribution in [3.8, 4) is 11.4 Å². The first kappa shape index (κ1) is 21.2. The Morgan fingerprint density at radius 2 is 1.82 bits per heavy atom. The molecule has 1 unspecified atom stereocenters. The van der Waals surface area contributed by atoms with E-state index in [9.17, 15) is 4.79 Å². The van der Waals surface area contributed by atoms with Gasteiger partial charge in [0.25, 0.3) is 0 Å². The number of carbonyl (C=O) groups is 1. The topological polar surface area (TPSA) is 46.5 Å². The molecule has 0 spiro atoms. The summed E-state index contributed by atoms with van der Waals surface area (Å²) in [6.45, 7) is 0.489. The molecule has 0 saturated heterocycles. The quantitative estimate of drug-likeness (QED) is 0.365. The van der Waals surface area contributed by atoms with Gasteiger partial charge in [-0.15, -0.1) is 11.8 Å². The summed E-state index contributed by atoms with van der Waals surface area (Å²) in [4.78, 5) is 16.8. The summed E-state index contributed by atoms with van der Waals surface area (Å²) in [5.41, 5.74) is 5.04. The van der Waals surface area contributed by atoms with Crippen LogP contribution in [0.4, 0.5) is 10.5 Å². The van der Waals surface area contributed by atoms with E-state index < -0.39 is 0 Å². The van der Waals surface area contributed by atoms with Gasteiger partial charge >= 0.3 is 6.03 Å². The first-order chi connectivity index (χ1) is 16.2. The SMILES string of the molecule is COc1ccc(C2c3cccn3-c3ccccc3CN2C(=O)Nc2cccc(SC)c2)cc1. The van der Waals surface area contributed by atoms with E-state index in [1.807, 2.05) is 77.9 Å². The van der Waals surface area contributed by atoms with Gasteiger partial charge in [0.2, 0.25) is 0 Å². The van der Waals surface area contributed by atoms with Gasteiger partial charge in [0.15, 0.2) is 0 Å². The number of benzene rings is 3. The van der Waals surface area contributed by atoms with Crippen LogP contribution in [0.1, 0.15) is 22.9 Å². The molecule has 166 valence electrons. The van der Waals surface area contributed by atoms with Crippen LogP contribution in [0.5, 0.6) is 5.75 Å². The lowest BCUT2D eigenvalue weighted by Crippen LogP contribution is -2.37. The third-order valence-electron chi connectivity index (χ3n) is 5.98. The fraction of sp³-hybridized carbons (Fsp3) is 0.148. The Labute approximate surface area is 198 Å². The number of aromatic nitrogens is 1. The van der Waals surface area contributed by atoms with E-state index in [2.05, 4.69) is 34.3 Å². The third kappa shape index (κ3) is 4.10. The van der Waals surface area contributed by atoms with Crippen molar-refractivity contribution in [2.75, 3.05) is 18.7 Å². The molecule has 6 heteroatoms. The Morgan fingerprint density at radius 1 is 1.00 bits per heavy atom. The van der Waals surface area contributed by atoms with Crippen molar-refractivity contribution in [3.05, 3.63) is 108 Å². The Bertz CT molecular complexity index is 1280. The van der Waals surface area contributed by atoms with E-state index >= 15 is 0 Å². The zero-order valence-electron chi connectivity index (χ0n) is 18.6. The van der Waals surface area contributed by atoms with Crippen molar-refractivity contribution in [2.24, 2.45) is 0 Å². The molecule has 1 aliphatic rings. The minimum absolute atomic E-state index is 0.140. The first-order valence-corrected chi connectivity index (χ1v) is 12.0. The maximum atomic E-state index is 13.7. The van der Waals surface area contributed by atoms with Crippen LogP contribution in [0.15, 0.2) is 96.0 Å².